The molecule has 1 heteroatoms. The van der Waals surface area contributed by atoms with Crippen molar-refractivity contribution >= 4 is 17.7 Å². The van der Waals surface area contributed by atoms with Gasteiger partial charge in [0.2, 0.25) is 0 Å². The zero-order valence-electron chi connectivity index (χ0n) is 5.55. The van der Waals surface area contributed by atoms with Crippen LogP contribution in [0.1, 0.15) is 5.56 Å². The molecule has 0 aliphatic carbocycles. The van der Waals surface area contributed by atoms with Gasteiger partial charge in [0.15, 0.2) is 0 Å². The maximum absolute atomic E-state index is 5.82. The Kier molecular flexibility index (Phi) is 2.52. The van der Waals surface area contributed by atoms with E-state index in [1.165, 1.54) is 0 Å². The molecule has 51 valence electrons. The van der Waals surface area contributed by atoms with Crippen molar-refractivity contribution in [3.8, 4) is 0 Å². The van der Waals surface area contributed by atoms with Gasteiger partial charge >= 0.3 is 0 Å². The summed E-state index contributed by atoms with van der Waals surface area (Å²) in [5.74, 6) is 0. The quantitative estimate of drug-likeness (QED) is 0.578. The smallest absolute Gasteiger partial charge is 0.0478 e. The van der Waals surface area contributed by atoms with Crippen LogP contribution in [0.25, 0.3) is 6.08 Å². The highest BCUT2D eigenvalue weighted by Gasteiger charge is 1.90. The zero-order valence-corrected chi connectivity index (χ0v) is 6.31. The standard InChI is InChI=1S/C9H8Cl/c1-2-5-8-6-3-4-7-9(8)10/h2-7H,1H2/b5-2+. The van der Waals surface area contributed by atoms with Crippen molar-refractivity contribution in [2.45, 2.75) is 0 Å². The van der Waals surface area contributed by atoms with E-state index in [2.05, 4.69) is 6.92 Å². The molecule has 0 heterocycles. The minimum Gasteiger partial charge on any atom is -0.0837 e. The Balaban J connectivity index is 3.03. The van der Waals surface area contributed by atoms with Gasteiger partial charge in [0.25, 0.3) is 0 Å². The first-order valence-corrected chi connectivity index (χ1v) is 3.42. The summed E-state index contributed by atoms with van der Waals surface area (Å²) in [6.07, 6.45) is 3.60. The van der Waals surface area contributed by atoms with Gasteiger partial charge in [0.1, 0.15) is 0 Å². The topological polar surface area (TPSA) is 0 Å². The number of rotatable bonds is 1. The Hall–Kier alpha value is -0.750. The third-order valence-corrected chi connectivity index (χ3v) is 1.55. The molecule has 1 aromatic carbocycles. The van der Waals surface area contributed by atoms with Gasteiger partial charge in [0.05, 0.1) is 0 Å². The van der Waals surface area contributed by atoms with Crippen LogP contribution < -0.4 is 0 Å². The highest BCUT2D eigenvalue weighted by atomic mass is 35.5. The lowest BCUT2D eigenvalue weighted by atomic mass is 10.2. The minimum absolute atomic E-state index is 0.766. The van der Waals surface area contributed by atoms with Crippen LogP contribution in [0.4, 0.5) is 0 Å². The predicted molar refractivity (Wildman–Crippen MR) is 45.8 cm³/mol. The van der Waals surface area contributed by atoms with E-state index in [0.29, 0.717) is 0 Å². The lowest BCUT2D eigenvalue weighted by Gasteiger charge is -1.93. The van der Waals surface area contributed by atoms with E-state index in [9.17, 15) is 0 Å². The van der Waals surface area contributed by atoms with Crippen LogP contribution in [0.2, 0.25) is 5.02 Å². The number of benzene rings is 1. The third kappa shape index (κ3) is 1.61. The monoisotopic (exact) mass is 151 g/mol. The molecule has 0 nitrogen and oxygen atoms in total. The summed E-state index contributed by atoms with van der Waals surface area (Å²) in [4.78, 5) is 0. The van der Waals surface area contributed by atoms with E-state index in [0.717, 1.165) is 10.6 Å². The first kappa shape index (κ1) is 7.36. The summed E-state index contributed by atoms with van der Waals surface area (Å²) < 4.78 is 0. The van der Waals surface area contributed by atoms with E-state index in [-0.39, 0.29) is 0 Å². The molecule has 0 N–H and O–H groups in total. The molecule has 0 bridgehead atoms. The van der Waals surface area contributed by atoms with Gasteiger partial charge in [-0.1, -0.05) is 42.0 Å². The molecule has 0 atom stereocenters. The fourth-order valence-corrected chi connectivity index (χ4v) is 0.936. The molecule has 10 heavy (non-hydrogen) atoms. The van der Waals surface area contributed by atoms with Gasteiger partial charge in [-0.3, -0.25) is 0 Å². The second-order valence-electron chi connectivity index (χ2n) is 1.92. The second-order valence-corrected chi connectivity index (χ2v) is 2.33. The van der Waals surface area contributed by atoms with Crippen LogP contribution >= 0.6 is 11.6 Å². The van der Waals surface area contributed by atoms with Crippen molar-refractivity contribution in [1.82, 2.24) is 0 Å². The molecule has 0 saturated carbocycles. The van der Waals surface area contributed by atoms with E-state index >= 15 is 0 Å². The van der Waals surface area contributed by atoms with Crippen molar-refractivity contribution in [1.29, 1.82) is 0 Å². The maximum Gasteiger partial charge on any atom is 0.0478 e. The van der Waals surface area contributed by atoms with Gasteiger partial charge < -0.3 is 0 Å². The molecule has 0 amide bonds. The number of hydrogen-bond donors (Lipinski definition) is 0. The molecular weight excluding hydrogens is 144 g/mol. The fraction of sp³-hybridized carbons (Fsp3) is 0. The highest BCUT2D eigenvalue weighted by Crippen LogP contribution is 2.15. The molecule has 1 aromatic rings. The van der Waals surface area contributed by atoms with E-state index in [4.69, 9.17) is 11.6 Å². The van der Waals surface area contributed by atoms with Gasteiger partial charge in [0, 0.05) is 5.02 Å². The maximum atomic E-state index is 5.82. The summed E-state index contributed by atoms with van der Waals surface area (Å²) in [7, 11) is 0. The summed E-state index contributed by atoms with van der Waals surface area (Å²) in [6.45, 7) is 3.58. The SMILES string of the molecule is [CH2]/C=C/c1ccccc1Cl. The first-order valence-electron chi connectivity index (χ1n) is 3.05. The van der Waals surface area contributed by atoms with Crippen LogP contribution in [-0.4, -0.2) is 0 Å². The molecule has 0 saturated heterocycles. The van der Waals surface area contributed by atoms with Crippen molar-refractivity contribution in [2.75, 3.05) is 0 Å². The summed E-state index contributed by atoms with van der Waals surface area (Å²) >= 11 is 5.82. The van der Waals surface area contributed by atoms with Gasteiger partial charge in [-0.15, -0.1) is 0 Å². The molecule has 0 aromatic heterocycles. The van der Waals surface area contributed by atoms with Gasteiger partial charge in [-0.25, -0.2) is 0 Å². The van der Waals surface area contributed by atoms with Crippen molar-refractivity contribution in [3.05, 3.63) is 47.9 Å². The minimum atomic E-state index is 0.766. The molecular formula is C9H8Cl. The Morgan fingerprint density at radius 2 is 2.00 bits per heavy atom. The summed E-state index contributed by atoms with van der Waals surface area (Å²) in [5, 5.41) is 0.766. The third-order valence-electron chi connectivity index (χ3n) is 1.20. The molecule has 1 rings (SSSR count). The highest BCUT2D eigenvalue weighted by molar-refractivity contribution is 6.32. The van der Waals surface area contributed by atoms with Gasteiger partial charge in [-0.05, 0) is 18.6 Å². The van der Waals surface area contributed by atoms with Crippen LogP contribution in [-0.2, 0) is 0 Å². The Morgan fingerprint density at radius 3 is 2.60 bits per heavy atom. The predicted octanol–water partition coefficient (Wildman–Crippen LogP) is 3.19. The first-order chi connectivity index (χ1) is 4.84. The molecule has 0 spiro atoms. The lowest BCUT2D eigenvalue weighted by Crippen LogP contribution is -1.71. The molecule has 0 aliphatic heterocycles. The molecule has 1 radical (unpaired) electrons. The Morgan fingerprint density at radius 1 is 1.30 bits per heavy atom. The van der Waals surface area contributed by atoms with Gasteiger partial charge in [-0.2, -0.15) is 0 Å². The second kappa shape index (κ2) is 3.43. The average molecular weight is 152 g/mol. The van der Waals surface area contributed by atoms with Crippen LogP contribution in [0.5, 0.6) is 0 Å². The summed E-state index contributed by atoms with van der Waals surface area (Å²) in [6, 6.07) is 7.66. The number of halogens is 1. The largest absolute Gasteiger partial charge is 0.0837 e. The Bertz CT molecular complexity index is 238. The van der Waals surface area contributed by atoms with E-state index in [1.54, 1.807) is 6.08 Å². The number of allylic oxidation sites excluding steroid dienone is 1. The van der Waals surface area contributed by atoms with Crippen molar-refractivity contribution in [3.63, 3.8) is 0 Å². The summed E-state index contributed by atoms with van der Waals surface area (Å²) in [5.41, 5.74) is 1.01. The fourth-order valence-electron chi connectivity index (χ4n) is 0.737. The zero-order chi connectivity index (χ0) is 7.40. The lowest BCUT2D eigenvalue weighted by molar-refractivity contribution is 1.66. The molecule has 0 unspecified atom stereocenters. The molecule has 0 fully saturated rings. The van der Waals surface area contributed by atoms with Crippen molar-refractivity contribution < 1.29 is 0 Å². The van der Waals surface area contributed by atoms with Crippen LogP contribution in [0.15, 0.2) is 30.3 Å². The average Bonchev–Trinajstić information content (AvgIpc) is 1.94. The normalized spacial score (nSPS) is 10.6. The van der Waals surface area contributed by atoms with Crippen LogP contribution in [0.3, 0.4) is 0 Å². The van der Waals surface area contributed by atoms with E-state index in [1.807, 2.05) is 30.3 Å². The number of hydrogen-bond acceptors (Lipinski definition) is 0. The Labute approximate surface area is 66.1 Å². The van der Waals surface area contributed by atoms with Crippen molar-refractivity contribution in [2.24, 2.45) is 0 Å². The van der Waals surface area contributed by atoms with E-state index < -0.39 is 0 Å². The van der Waals surface area contributed by atoms with Crippen LogP contribution in [0, 0.1) is 6.92 Å². The molecule has 0 aliphatic rings.